The molecule has 2 aromatic carbocycles. The Kier molecular flexibility index (Phi) is 4.83. The third-order valence-electron chi connectivity index (χ3n) is 8.43. The van der Waals surface area contributed by atoms with Gasteiger partial charge in [0.15, 0.2) is 0 Å². The monoisotopic (exact) mass is 544 g/mol. The molecule has 1 aromatic heterocycles. The van der Waals surface area contributed by atoms with Crippen LogP contribution in [0.1, 0.15) is 28.3 Å². The summed E-state index contributed by atoms with van der Waals surface area (Å²) in [7, 11) is 0. The summed E-state index contributed by atoms with van der Waals surface area (Å²) < 4.78 is 40.0. The second kappa shape index (κ2) is 7.73. The number of aromatic hydroxyl groups is 1. The first-order valence-electron chi connectivity index (χ1n) is 11.9. The van der Waals surface area contributed by atoms with Gasteiger partial charge in [-0.2, -0.15) is 13.2 Å². The number of thioether (sulfide) groups is 1. The minimum Gasteiger partial charge on any atom is -0.508 e. The number of fused-ring (bicyclic) bond motifs is 9. The Hall–Kier alpha value is -3.05. The van der Waals surface area contributed by atoms with Gasteiger partial charge >= 0.3 is 11.0 Å². The van der Waals surface area contributed by atoms with Crippen LogP contribution in [-0.2, 0) is 15.8 Å². The highest BCUT2D eigenvalue weighted by atomic mass is 32.2. The fourth-order valence-electron chi connectivity index (χ4n) is 7.19. The Balaban J connectivity index is 1.31. The van der Waals surface area contributed by atoms with E-state index in [4.69, 9.17) is 0 Å². The van der Waals surface area contributed by atoms with E-state index in [-0.39, 0.29) is 45.2 Å². The highest BCUT2D eigenvalue weighted by molar-refractivity contribution is 8.00. The Morgan fingerprint density at radius 3 is 2.43 bits per heavy atom. The number of rotatable bonds is 2. The molecule has 6 nitrogen and oxygen atoms in total. The predicted octanol–water partition coefficient (Wildman–Crippen LogP) is 4.84. The summed E-state index contributed by atoms with van der Waals surface area (Å²) in [5, 5.41) is 11.4. The minimum absolute atomic E-state index is 0.0602. The number of benzene rings is 2. The van der Waals surface area contributed by atoms with Crippen molar-refractivity contribution < 1.29 is 27.9 Å². The Morgan fingerprint density at radius 2 is 1.70 bits per heavy atom. The van der Waals surface area contributed by atoms with Crippen molar-refractivity contribution >= 4 is 40.6 Å². The number of aromatic nitrogens is 1. The topological polar surface area (TPSA) is 90.5 Å². The quantitative estimate of drug-likeness (QED) is 0.451. The summed E-state index contributed by atoms with van der Waals surface area (Å²) in [6.45, 7) is 0. The molecule has 2 aliphatic carbocycles. The molecular weight excluding hydrogens is 525 g/mol. The summed E-state index contributed by atoms with van der Waals surface area (Å²) in [5.74, 6) is -2.87. The molecule has 7 atom stereocenters. The highest BCUT2D eigenvalue weighted by Gasteiger charge is 2.69. The van der Waals surface area contributed by atoms with Crippen LogP contribution in [0.2, 0.25) is 0 Å². The van der Waals surface area contributed by atoms with Gasteiger partial charge in [0.1, 0.15) is 5.75 Å². The van der Waals surface area contributed by atoms with Crippen molar-refractivity contribution in [2.75, 3.05) is 4.90 Å². The van der Waals surface area contributed by atoms with Gasteiger partial charge in [-0.05, 0) is 48.4 Å². The third-order valence-corrected chi connectivity index (χ3v) is 11.0. The van der Waals surface area contributed by atoms with E-state index in [0.717, 1.165) is 38.3 Å². The Labute approximate surface area is 216 Å². The van der Waals surface area contributed by atoms with Crippen LogP contribution in [-0.4, -0.2) is 27.2 Å². The standard InChI is InChI=1S/C26H19F3N2O4S2/c27-26(28,29)10-4-3-5-11(8-10)31-23(33)18-13-9-14(19(18)24(31)34)20-17(13)16(12-6-1-2-7-15(12)32)21-22(36-20)30-25(35)37-21/h1-8,13-14,16-20,32H,9H2,(H,30,35)/t13-,14+,16-,17+,18+,19+,20+/m0/s1. The average molecular weight is 545 g/mol. The number of halogens is 3. The number of nitrogens with one attached hydrogen (secondary N) is 1. The zero-order valence-corrected chi connectivity index (χ0v) is 20.6. The van der Waals surface area contributed by atoms with Crippen molar-refractivity contribution in [2.24, 2.45) is 29.6 Å². The van der Waals surface area contributed by atoms with Gasteiger partial charge in [0.2, 0.25) is 11.8 Å². The molecule has 1 saturated heterocycles. The smallest absolute Gasteiger partial charge is 0.416 e. The van der Waals surface area contributed by atoms with Crippen molar-refractivity contribution in [2.45, 2.75) is 28.8 Å². The normalized spacial score (nSPS) is 32.0. The lowest BCUT2D eigenvalue weighted by atomic mass is 9.68. The summed E-state index contributed by atoms with van der Waals surface area (Å²) in [6.07, 6.45) is -3.95. The van der Waals surface area contributed by atoms with Crippen LogP contribution in [0.15, 0.2) is 58.4 Å². The van der Waals surface area contributed by atoms with Crippen LogP contribution < -0.4 is 9.77 Å². The van der Waals surface area contributed by atoms with Crippen LogP contribution in [0.3, 0.4) is 0 Å². The number of hydrogen-bond donors (Lipinski definition) is 2. The maximum atomic E-state index is 13.7. The minimum atomic E-state index is -4.60. The average Bonchev–Trinajstić information content (AvgIpc) is 3.58. The first-order chi connectivity index (χ1) is 17.6. The van der Waals surface area contributed by atoms with E-state index in [0.29, 0.717) is 12.0 Å². The number of para-hydroxylation sites is 1. The molecule has 0 spiro atoms. The zero-order valence-electron chi connectivity index (χ0n) is 18.9. The summed E-state index contributed by atoms with van der Waals surface area (Å²) in [5.41, 5.74) is -0.303. The van der Waals surface area contributed by atoms with Crippen LogP contribution in [0.25, 0.3) is 0 Å². The lowest BCUT2D eigenvalue weighted by molar-refractivity contribution is -0.137. The number of hydrogen-bond acceptors (Lipinski definition) is 6. The molecule has 2 aliphatic heterocycles. The molecule has 0 unspecified atom stereocenters. The van der Waals surface area contributed by atoms with Gasteiger partial charge in [0, 0.05) is 21.6 Å². The molecule has 7 rings (SSSR count). The summed E-state index contributed by atoms with van der Waals surface area (Å²) >= 11 is 2.61. The third kappa shape index (κ3) is 3.16. The molecule has 4 aliphatic rings. The second-order valence-electron chi connectivity index (χ2n) is 10.1. The lowest BCUT2D eigenvalue weighted by Gasteiger charge is -2.43. The highest BCUT2D eigenvalue weighted by Crippen LogP contribution is 2.69. The molecule has 2 amide bonds. The number of carbonyl (C=O) groups excluding carboxylic acids is 2. The van der Waals surface area contributed by atoms with Crippen LogP contribution in [0.5, 0.6) is 5.75 Å². The number of alkyl halides is 3. The summed E-state index contributed by atoms with van der Waals surface area (Å²) in [4.78, 5) is 44.1. The molecule has 3 heterocycles. The first kappa shape index (κ1) is 23.1. The number of carbonyl (C=O) groups is 2. The van der Waals surface area contributed by atoms with Crippen molar-refractivity contribution in [1.82, 2.24) is 4.98 Å². The van der Waals surface area contributed by atoms with Crippen LogP contribution >= 0.6 is 23.1 Å². The van der Waals surface area contributed by atoms with E-state index in [1.54, 1.807) is 12.1 Å². The molecule has 3 aromatic rings. The maximum absolute atomic E-state index is 13.7. The number of aromatic amines is 1. The van der Waals surface area contributed by atoms with Gasteiger partial charge in [0.25, 0.3) is 0 Å². The number of phenolic OH excluding ortho intramolecular Hbond substituents is 1. The lowest BCUT2D eigenvalue weighted by Crippen LogP contribution is -2.42. The van der Waals surface area contributed by atoms with E-state index >= 15 is 0 Å². The number of H-pyrrole nitrogens is 1. The fourth-order valence-corrected chi connectivity index (χ4v) is 10.1. The molecule has 11 heteroatoms. The Bertz CT molecular complexity index is 1530. The van der Waals surface area contributed by atoms with E-state index in [1.165, 1.54) is 23.9 Å². The number of thiazole rings is 1. The number of amides is 2. The van der Waals surface area contributed by atoms with Crippen molar-refractivity contribution in [3.05, 3.63) is 74.2 Å². The van der Waals surface area contributed by atoms with Gasteiger partial charge in [-0.3, -0.25) is 19.3 Å². The number of anilines is 1. The maximum Gasteiger partial charge on any atom is 0.416 e. The fraction of sp³-hybridized carbons (Fsp3) is 0.346. The molecule has 2 saturated carbocycles. The van der Waals surface area contributed by atoms with Crippen molar-refractivity contribution in [1.29, 1.82) is 0 Å². The largest absolute Gasteiger partial charge is 0.508 e. The van der Waals surface area contributed by atoms with Crippen LogP contribution in [0.4, 0.5) is 18.9 Å². The molecular formula is C26H19F3N2O4S2. The second-order valence-corrected chi connectivity index (χ2v) is 12.3. The molecule has 190 valence electrons. The van der Waals surface area contributed by atoms with E-state index in [1.807, 2.05) is 12.1 Å². The van der Waals surface area contributed by atoms with Gasteiger partial charge in [-0.25, -0.2) is 0 Å². The summed E-state index contributed by atoms with van der Waals surface area (Å²) in [6, 6.07) is 11.3. The molecule has 2 bridgehead atoms. The SMILES string of the molecule is O=C1[C@@H]2[C@H]3C[C@@H]([C@H]4Sc5[nH]c(=O)sc5[C@@H](c5ccccc5O)[C@@H]34)[C@H]2C(=O)N1c1cccc(C(F)(F)F)c1. The van der Waals surface area contributed by atoms with Crippen molar-refractivity contribution in [3.8, 4) is 5.75 Å². The molecule has 3 fully saturated rings. The number of nitrogens with zero attached hydrogens (tertiary/aromatic N) is 1. The zero-order chi connectivity index (χ0) is 25.8. The molecule has 37 heavy (non-hydrogen) atoms. The van der Waals surface area contributed by atoms with Gasteiger partial charge in [0.05, 0.1) is 28.1 Å². The Morgan fingerprint density at radius 1 is 0.973 bits per heavy atom. The molecule has 0 radical (unpaired) electrons. The van der Waals surface area contributed by atoms with Crippen LogP contribution in [0, 0.1) is 29.6 Å². The van der Waals surface area contributed by atoms with Crippen molar-refractivity contribution in [3.63, 3.8) is 0 Å². The van der Waals surface area contributed by atoms with Gasteiger partial charge in [-0.15, -0.1) is 11.8 Å². The first-order valence-corrected chi connectivity index (χ1v) is 13.6. The van der Waals surface area contributed by atoms with Gasteiger partial charge < -0.3 is 10.1 Å². The predicted molar refractivity (Wildman–Crippen MR) is 131 cm³/mol. The number of imide groups is 1. The number of phenols is 1. The van der Waals surface area contributed by atoms with Gasteiger partial charge in [-0.1, -0.05) is 35.6 Å². The van der Waals surface area contributed by atoms with E-state index in [9.17, 15) is 32.7 Å². The van der Waals surface area contributed by atoms with E-state index in [2.05, 4.69) is 4.98 Å². The van der Waals surface area contributed by atoms with E-state index < -0.39 is 35.4 Å². The molecule has 2 N–H and O–H groups in total.